The molecular weight excluding hydrogens is 334 g/mol. The van der Waals surface area contributed by atoms with Crippen LogP contribution in [0.2, 0.25) is 0 Å². The van der Waals surface area contributed by atoms with Crippen LogP contribution in [0, 0.1) is 12.3 Å². The highest BCUT2D eigenvalue weighted by atomic mass is 79.9. The van der Waals surface area contributed by atoms with Gasteiger partial charge in [0, 0.05) is 23.0 Å². The van der Waals surface area contributed by atoms with E-state index in [0.717, 1.165) is 16.5 Å². The third-order valence-electron chi connectivity index (χ3n) is 3.62. The normalized spacial score (nSPS) is 11.2. The molecule has 1 aromatic carbocycles. The molecule has 21 heavy (non-hydrogen) atoms. The lowest BCUT2D eigenvalue weighted by molar-refractivity contribution is -0.137. The molecule has 0 aromatic heterocycles. The minimum atomic E-state index is -0.781. The van der Waals surface area contributed by atoms with Gasteiger partial charge in [-0.3, -0.25) is 9.59 Å². The Morgan fingerprint density at radius 3 is 2.57 bits per heavy atom. The van der Waals surface area contributed by atoms with Crippen LogP contribution in [-0.4, -0.2) is 23.5 Å². The van der Waals surface area contributed by atoms with Crippen molar-refractivity contribution in [3.63, 3.8) is 0 Å². The van der Waals surface area contributed by atoms with Crippen LogP contribution in [0.3, 0.4) is 0 Å². The van der Waals surface area contributed by atoms with Gasteiger partial charge in [0.25, 0.3) is 5.91 Å². The van der Waals surface area contributed by atoms with Gasteiger partial charge < -0.3 is 10.4 Å². The van der Waals surface area contributed by atoms with Crippen LogP contribution in [0.25, 0.3) is 0 Å². The van der Waals surface area contributed by atoms with E-state index >= 15 is 0 Å². The van der Waals surface area contributed by atoms with Crippen molar-refractivity contribution in [2.24, 2.45) is 5.41 Å². The molecule has 1 rings (SSSR count). The molecule has 0 saturated carbocycles. The molecule has 1 aromatic rings. The molecule has 0 aliphatic rings. The largest absolute Gasteiger partial charge is 0.481 e. The summed E-state index contributed by atoms with van der Waals surface area (Å²) in [6, 6.07) is 5.54. The number of halogens is 1. The van der Waals surface area contributed by atoms with Crippen LogP contribution in [0.1, 0.15) is 49.0 Å². The zero-order valence-corrected chi connectivity index (χ0v) is 14.3. The quantitative estimate of drug-likeness (QED) is 0.782. The van der Waals surface area contributed by atoms with E-state index in [1.807, 2.05) is 32.9 Å². The minimum absolute atomic E-state index is 0.0946. The van der Waals surface area contributed by atoms with Gasteiger partial charge in [0.2, 0.25) is 0 Å². The molecule has 116 valence electrons. The van der Waals surface area contributed by atoms with Gasteiger partial charge in [-0.2, -0.15) is 0 Å². The molecule has 2 N–H and O–H groups in total. The average Bonchev–Trinajstić information content (AvgIpc) is 2.39. The standard InChI is InChI=1S/C16H22BrNO3/c1-11-12(5-4-6-13(11)17)15(21)18-10-9-16(2,3)8-7-14(19)20/h4-6H,7-10H2,1-3H3,(H,18,21)(H,19,20). The second kappa shape index (κ2) is 7.59. The van der Waals surface area contributed by atoms with Crippen molar-refractivity contribution in [3.05, 3.63) is 33.8 Å². The maximum absolute atomic E-state index is 12.1. The number of carbonyl (C=O) groups is 2. The number of carbonyl (C=O) groups excluding carboxylic acids is 1. The highest BCUT2D eigenvalue weighted by Gasteiger charge is 2.19. The van der Waals surface area contributed by atoms with Crippen molar-refractivity contribution in [1.82, 2.24) is 5.32 Å². The second-order valence-electron chi connectivity index (χ2n) is 5.98. The minimum Gasteiger partial charge on any atom is -0.481 e. The number of hydrogen-bond acceptors (Lipinski definition) is 2. The van der Waals surface area contributed by atoms with E-state index in [4.69, 9.17) is 5.11 Å². The van der Waals surface area contributed by atoms with Gasteiger partial charge in [-0.05, 0) is 42.9 Å². The number of nitrogens with one attached hydrogen (secondary N) is 1. The lowest BCUT2D eigenvalue weighted by Crippen LogP contribution is -2.29. The van der Waals surface area contributed by atoms with Crippen molar-refractivity contribution >= 4 is 27.8 Å². The van der Waals surface area contributed by atoms with E-state index in [2.05, 4.69) is 21.2 Å². The molecule has 4 nitrogen and oxygen atoms in total. The number of carboxylic acid groups (broad SMARTS) is 1. The van der Waals surface area contributed by atoms with Crippen LogP contribution in [0.4, 0.5) is 0 Å². The molecular formula is C16H22BrNO3. The van der Waals surface area contributed by atoms with Gasteiger partial charge in [-0.25, -0.2) is 0 Å². The topological polar surface area (TPSA) is 66.4 Å². The van der Waals surface area contributed by atoms with Crippen LogP contribution in [-0.2, 0) is 4.79 Å². The van der Waals surface area contributed by atoms with E-state index in [1.165, 1.54) is 0 Å². The van der Waals surface area contributed by atoms with E-state index in [1.54, 1.807) is 6.07 Å². The SMILES string of the molecule is Cc1c(Br)cccc1C(=O)NCCC(C)(C)CCC(=O)O. The molecule has 0 aliphatic heterocycles. The molecule has 0 fully saturated rings. The highest BCUT2D eigenvalue weighted by Crippen LogP contribution is 2.26. The lowest BCUT2D eigenvalue weighted by atomic mass is 9.84. The first-order valence-corrected chi connectivity index (χ1v) is 7.77. The Morgan fingerprint density at radius 2 is 1.95 bits per heavy atom. The summed E-state index contributed by atoms with van der Waals surface area (Å²) in [4.78, 5) is 22.8. The maximum atomic E-state index is 12.1. The van der Waals surface area contributed by atoms with Crippen molar-refractivity contribution in [1.29, 1.82) is 0 Å². The van der Waals surface area contributed by atoms with E-state index in [9.17, 15) is 9.59 Å². The summed E-state index contributed by atoms with van der Waals surface area (Å²) in [5, 5.41) is 11.6. The van der Waals surface area contributed by atoms with Crippen molar-refractivity contribution in [2.45, 2.75) is 40.0 Å². The summed E-state index contributed by atoms with van der Waals surface area (Å²) in [7, 11) is 0. The molecule has 5 heteroatoms. The Hall–Kier alpha value is -1.36. The smallest absolute Gasteiger partial charge is 0.303 e. The van der Waals surface area contributed by atoms with Crippen LogP contribution < -0.4 is 5.32 Å². The molecule has 0 radical (unpaired) electrons. The number of benzene rings is 1. The van der Waals surface area contributed by atoms with Gasteiger partial charge in [-0.1, -0.05) is 35.8 Å². The summed E-state index contributed by atoms with van der Waals surface area (Å²) in [5.74, 6) is -0.875. The van der Waals surface area contributed by atoms with Gasteiger partial charge in [0.05, 0.1) is 0 Å². The Morgan fingerprint density at radius 1 is 1.29 bits per heavy atom. The van der Waals surface area contributed by atoms with E-state index in [0.29, 0.717) is 18.5 Å². The van der Waals surface area contributed by atoms with Crippen molar-refractivity contribution in [2.75, 3.05) is 6.54 Å². The van der Waals surface area contributed by atoms with Gasteiger partial charge in [0.15, 0.2) is 0 Å². The van der Waals surface area contributed by atoms with Crippen LogP contribution in [0.5, 0.6) is 0 Å². The fourth-order valence-electron chi connectivity index (χ4n) is 2.03. The molecule has 0 aliphatic carbocycles. The lowest BCUT2D eigenvalue weighted by Gasteiger charge is -2.23. The van der Waals surface area contributed by atoms with Gasteiger partial charge >= 0.3 is 5.97 Å². The fourth-order valence-corrected chi connectivity index (χ4v) is 2.40. The summed E-state index contributed by atoms with van der Waals surface area (Å²) in [6.07, 6.45) is 1.51. The van der Waals surface area contributed by atoms with Crippen molar-refractivity contribution < 1.29 is 14.7 Å². The van der Waals surface area contributed by atoms with E-state index in [-0.39, 0.29) is 17.7 Å². The van der Waals surface area contributed by atoms with E-state index < -0.39 is 5.97 Å². The Bertz CT molecular complexity index is 526. The first-order chi connectivity index (χ1) is 9.73. The van der Waals surface area contributed by atoms with Gasteiger partial charge in [-0.15, -0.1) is 0 Å². The second-order valence-corrected chi connectivity index (χ2v) is 6.83. The average molecular weight is 356 g/mol. The zero-order valence-electron chi connectivity index (χ0n) is 12.7. The third-order valence-corrected chi connectivity index (χ3v) is 4.47. The Kier molecular flexibility index (Phi) is 6.40. The predicted molar refractivity (Wildman–Crippen MR) is 86.5 cm³/mol. The number of amides is 1. The first kappa shape index (κ1) is 17.7. The summed E-state index contributed by atoms with van der Waals surface area (Å²) >= 11 is 3.41. The molecule has 0 atom stereocenters. The van der Waals surface area contributed by atoms with Crippen molar-refractivity contribution in [3.8, 4) is 0 Å². The molecule has 1 amide bonds. The van der Waals surface area contributed by atoms with Gasteiger partial charge in [0.1, 0.15) is 0 Å². The predicted octanol–water partition coefficient (Wildman–Crippen LogP) is 3.77. The monoisotopic (exact) mass is 355 g/mol. The molecule has 0 bridgehead atoms. The molecule has 0 spiro atoms. The highest BCUT2D eigenvalue weighted by molar-refractivity contribution is 9.10. The Balaban J connectivity index is 2.50. The fraction of sp³-hybridized carbons (Fsp3) is 0.500. The first-order valence-electron chi connectivity index (χ1n) is 6.98. The summed E-state index contributed by atoms with van der Waals surface area (Å²) in [5.41, 5.74) is 1.48. The molecule has 0 saturated heterocycles. The zero-order chi connectivity index (χ0) is 16.0. The molecule has 0 heterocycles. The third kappa shape index (κ3) is 5.87. The number of carboxylic acids is 1. The van der Waals surface area contributed by atoms with Crippen LogP contribution >= 0.6 is 15.9 Å². The maximum Gasteiger partial charge on any atom is 0.303 e. The summed E-state index contributed by atoms with van der Waals surface area (Å²) in [6.45, 7) is 6.48. The number of hydrogen-bond donors (Lipinski definition) is 2. The summed E-state index contributed by atoms with van der Waals surface area (Å²) < 4.78 is 0.914. The Labute approximate surface area is 134 Å². The van der Waals surface area contributed by atoms with Crippen LogP contribution in [0.15, 0.2) is 22.7 Å². The number of rotatable bonds is 7. The number of aliphatic carboxylic acids is 1. The molecule has 0 unspecified atom stereocenters.